The molecule has 0 saturated carbocycles. The maximum atomic E-state index is 12.2. The number of benzene rings is 2. The van der Waals surface area contributed by atoms with Crippen LogP contribution in [0.5, 0.6) is 11.5 Å². The smallest absolute Gasteiger partial charge is 0.210 e. The molecule has 0 unspecified atom stereocenters. The predicted octanol–water partition coefficient (Wildman–Crippen LogP) is 2.58. The molecule has 0 amide bonds. The molecule has 2 N–H and O–H groups in total. The lowest BCUT2D eigenvalue weighted by Gasteiger charge is -2.07. The van der Waals surface area contributed by atoms with Crippen molar-refractivity contribution < 1.29 is 18.6 Å². The van der Waals surface area contributed by atoms with E-state index >= 15 is 0 Å². The van der Waals surface area contributed by atoms with E-state index in [1.807, 2.05) is 0 Å². The first kappa shape index (κ1) is 12.7. The van der Waals surface area contributed by atoms with Gasteiger partial charge in [0.2, 0.25) is 9.84 Å². The highest BCUT2D eigenvalue weighted by molar-refractivity contribution is 7.91. The van der Waals surface area contributed by atoms with Gasteiger partial charge in [-0.2, -0.15) is 0 Å². The minimum atomic E-state index is -3.85. The van der Waals surface area contributed by atoms with Crippen LogP contribution in [0.15, 0.2) is 52.3 Å². The number of phenolic OH excluding ortho intramolecular Hbond substituents is 2. The molecule has 0 aromatic heterocycles. The fourth-order valence-corrected chi connectivity index (χ4v) is 3.07. The Kier molecular flexibility index (Phi) is 3.19. The summed E-state index contributed by atoms with van der Waals surface area (Å²) in [5.41, 5.74) is 0. The summed E-state index contributed by atoms with van der Waals surface area (Å²) in [5, 5.41) is 18.9. The van der Waals surface area contributed by atoms with E-state index in [-0.39, 0.29) is 26.3 Å². The van der Waals surface area contributed by atoms with Crippen LogP contribution in [0.3, 0.4) is 0 Å². The second-order valence-corrected chi connectivity index (χ2v) is 5.96. The summed E-state index contributed by atoms with van der Waals surface area (Å²) in [7, 11) is -3.85. The third kappa shape index (κ3) is 2.27. The summed E-state index contributed by atoms with van der Waals surface area (Å²) in [6, 6.07) is 8.82. The Labute approximate surface area is 109 Å². The quantitative estimate of drug-likeness (QED) is 0.889. The minimum absolute atomic E-state index is 0.0298. The molecule has 0 atom stereocenters. The van der Waals surface area contributed by atoms with Crippen molar-refractivity contribution in [1.82, 2.24) is 0 Å². The second-order valence-electron chi connectivity index (χ2n) is 3.61. The third-order valence-electron chi connectivity index (χ3n) is 2.36. The SMILES string of the molecule is O=S(=O)(c1ccc(O)cc1)c1cc(Cl)ccc1O. The summed E-state index contributed by atoms with van der Waals surface area (Å²) in [6.45, 7) is 0. The third-order valence-corrected chi connectivity index (χ3v) is 4.39. The van der Waals surface area contributed by atoms with Gasteiger partial charge in [-0.25, -0.2) is 8.42 Å². The molecule has 2 aromatic rings. The number of phenols is 2. The van der Waals surface area contributed by atoms with Crippen molar-refractivity contribution in [2.45, 2.75) is 9.79 Å². The first-order valence-electron chi connectivity index (χ1n) is 4.94. The van der Waals surface area contributed by atoms with Crippen LogP contribution in [0.1, 0.15) is 0 Å². The summed E-state index contributed by atoms with van der Waals surface area (Å²) in [5.74, 6) is -0.406. The van der Waals surface area contributed by atoms with Gasteiger partial charge in [-0.3, -0.25) is 0 Å². The van der Waals surface area contributed by atoms with Gasteiger partial charge in [-0.05, 0) is 42.5 Å². The van der Waals surface area contributed by atoms with E-state index in [0.29, 0.717) is 0 Å². The Bertz CT molecular complexity index is 678. The molecule has 2 aromatic carbocycles. The van der Waals surface area contributed by atoms with Crippen LogP contribution in [0, 0.1) is 0 Å². The normalized spacial score (nSPS) is 11.4. The van der Waals surface area contributed by atoms with Gasteiger partial charge < -0.3 is 10.2 Å². The molecule has 0 aliphatic heterocycles. The molecule has 0 fully saturated rings. The van der Waals surface area contributed by atoms with Gasteiger partial charge in [-0.15, -0.1) is 0 Å². The largest absolute Gasteiger partial charge is 0.508 e. The van der Waals surface area contributed by atoms with Gasteiger partial charge in [0.05, 0.1) is 4.90 Å². The van der Waals surface area contributed by atoms with E-state index in [9.17, 15) is 13.5 Å². The molecular weight excluding hydrogens is 276 g/mol. The van der Waals surface area contributed by atoms with Crippen LogP contribution in [0.4, 0.5) is 0 Å². The van der Waals surface area contributed by atoms with Crippen LogP contribution in [-0.4, -0.2) is 18.6 Å². The fourth-order valence-electron chi connectivity index (χ4n) is 1.46. The van der Waals surface area contributed by atoms with Crippen molar-refractivity contribution in [2.24, 2.45) is 0 Å². The van der Waals surface area contributed by atoms with Crippen molar-refractivity contribution in [3.63, 3.8) is 0 Å². The van der Waals surface area contributed by atoms with Crippen molar-refractivity contribution in [3.8, 4) is 11.5 Å². The zero-order chi connectivity index (χ0) is 13.3. The topological polar surface area (TPSA) is 74.6 Å². The summed E-state index contributed by atoms with van der Waals surface area (Å²) in [6.07, 6.45) is 0. The van der Waals surface area contributed by atoms with Crippen molar-refractivity contribution in [1.29, 1.82) is 0 Å². The van der Waals surface area contributed by atoms with E-state index < -0.39 is 9.84 Å². The second kappa shape index (κ2) is 4.51. The van der Waals surface area contributed by atoms with Crippen LogP contribution in [0.25, 0.3) is 0 Å². The lowest BCUT2D eigenvalue weighted by molar-refractivity contribution is 0.459. The van der Waals surface area contributed by atoms with Crippen LogP contribution in [0.2, 0.25) is 5.02 Å². The molecule has 0 bridgehead atoms. The molecule has 4 nitrogen and oxygen atoms in total. The van der Waals surface area contributed by atoms with Gasteiger partial charge in [-0.1, -0.05) is 11.6 Å². The highest BCUT2D eigenvalue weighted by Crippen LogP contribution is 2.31. The summed E-state index contributed by atoms with van der Waals surface area (Å²) >= 11 is 5.72. The zero-order valence-electron chi connectivity index (χ0n) is 9.04. The number of hydrogen-bond acceptors (Lipinski definition) is 4. The summed E-state index contributed by atoms with van der Waals surface area (Å²) < 4.78 is 24.4. The van der Waals surface area contributed by atoms with Gasteiger partial charge in [0, 0.05) is 5.02 Å². The van der Waals surface area contributed by atoms with E-state index in [0.717, 1.165) is 0 Å². The Balaban J connectivity index is 2.61. The van der Waals surface area contributed by atoms with E-state index in [4.69, 9.17) is 16.7 Å². The monoisotopic (exact) mass is 284 g/mol. The molecule has 6 heteroatoms. The Morgan fingerprint density at radius 3 is 2.17 bits per heavy atom. The highest BCUT2D eigenvalue weighted by atomic mass is 35.5. The van der Waals surface area contributed by atoms with Gasteiger partial charge in [0.25, 0.3) is 0 Å². The van der Waals surface area contributed by atoms with Gasteiger partial charge in [0.1, 0.15) is 16.4 Å². The molecule has 18 heavy (non-hydrogen) atoms. The molecule has 0 saturated heterocycles. The first-order valence-corrected chi connectivity index (χ1v) is 6.80. The van der Waals surface area contributed by atoms with E-state index in [1.165, 1.54) is 42.5 Å². The van der Waals surface area contributed by atoms with Crippen LogP contribution in [-0.2, 0) is 9.84 Å². The average Bonchev–Trinajstić information content (AvgIpc) is 2.32. The Morgan fingerprint density at radius 2 is 1.56 bits per heavy atom. The van der Waals surface area contributed by atoms with E-state index in [2.05, 4.69) is 0 Å². The van der Waals surface area contributed by atoms with Gasteiger partial charge in [0.15, 0.2) is 0 Å². The molecule has 0 spiro atoms. The van der Waals surface area contributed by atoms with Crippen molar-refractivity contribution >= 4 is 21.4 Å². The average molecular weight is 285 g/mol. The minimum Gasteiger partial charge on any atom is -0.508 e. The van der Waals surface area contributed by atoms with Gasteiger partial charge >= 0.3 is 0 Å². The maximum absolute atomic E-state index is 12.2. The molecule has 0 heterocycles. The number of hydrogen-bond donors (Lipinski definition) is 2. The number of aromatic hydroxyl groups is 2. The number of halogens is 1. The van der Waals surface area contributed by atoms with E-state index in [1.54, 1.807) is 0 Å². The molecule has 0 aliphatic rings. The molecule has 94 valence electrons. The number of sulfone groups is 1. The lowest BCUT2D eigenvalue weighted by Crippen LogP contribution is -2.02. The highest BCUT2D eigenvalue weighted by Gasteiger charge is 2.21. The molecular formula is C12H9ClO4S. The maximum Gasteiger partial charge on any atom is 0.210 e. The van der Waals surface area contributed by atoms with Crippen molar-refractivity contribution in [2.75, 3.05) is 0 Å². The zero-order valence-corrected chi connectivity index (χ0v) is 10.6. The Morgan fingerprint density at radius 1 is 0.944 bits per heavy atom. The summed E-state index contributed by atoms with van der Waals surface area (Å²) in [4.78, 5) is -0.293. The molecule has 0 aliphatic carbocycles. The van der Waals surface area contributed by atoms with Crippen LogP contribution >= 0.6 is 11.6 Å². The van der Waals surface area contributed by atoms with Crippen molar-refractivity contribution in [3.05, 3.63) is 47.5 Å². The molecule has 2 rings (SSSR count). The predicted molar refractivity (Wildman–Crippen MR) is 66.7 cm³/mol. The standard InChI is InChI=1S/C12H9ClO4S/c13-8-1-6-11(15)12(7-8)18(16,17)10-4-2-9(14)3-5-10/h1-7,14-15H. The fraction of sp³-hybridized carbons (Fsp3) is 0. The number of rotatable bonds is 2. The Hall–Kier alpha value is -1.72. The first-order chi connectivity index (χ1) is 8.41. The van der Waals surface area contributed by atoms with Crippen LogP contribution < -0.4 is 0 Å². The lowest BCUT2D eigenvalue weighted by atomic mass is 10.3. The molecule has 0 radical (unpaired) electrons.